The molecule has 2 aromatic rings. The van der Waals surface area contributed by atoms with E-state index < -0.39 is 0 Å². The van der Waals surface area contributed by atoms with Gasteiger partial charge in [0.05, 0.1) is 12.6 Å². The van der Waals surface area contributed by atoms with Gasteiger partial charge in [-0.05, 0) is 24.1 Å². The van der Waals surface area contributed by atoms with Crippen molar-refractivity contribution < 1.29 is 4.74 Å². The Kier molecular flexibility index (Phi) is 3.54. The molecular weight excluding hydrogens is 252 g/mol. The zero-order chi connectivity index (χ0) is 13.9. The van der Waals surface area contributed by atoms with Crippen LogP contribution in [0.2, 0.25) is 0 Å². The van der Waals surface area contributed by atoms with Crippen molar-refractivity contribution in [3.8, 4) is 5.75 Å². The summed E-state index contributed by atoms with van der Waals surface area (Å²) in [7, 11) is 0. The van der Waals surface area contributed by atoms with E-state index in [0.29, 0.717) is 12.4 Å². The molecule has 0 radical (unpaired) electrons. The molecule has 0 fully saturated rings. The fourth-order valence-corrected chi connectivity index (χ4v) is 2.83. The Labute approximate surface area is 117 Å². The van der Waals surface area contributed by atoms with Crippen LogP contribution >= 0.6 is 0 Å². The maximum atomic E-state index is 5.99. The molecule has 1 aromatic carbocycles. The molecule has 2 heterocycles. The van der Waals surface area contributed by atoms with E-state index in [2.05, 4.69) is 16.5 Å². The van der Waals surface area contributed by atoms with E-state index >= 15 is 0 Å². The molecule has 0 saturated carbocycles. The van der Waals surface area contributed by atoms with Crippen LogP contribution in [0.5, 0.6) is 5.75 Å². The number of aromatic nitrogens is 1. The summed E-state index contributed by atoms with van der Waals surface area (Å²) < 4.78 is 5.70. The van der Waals surface area contributed by atoms with Crippen molar-refractivity contribution in [3.63, 3.8) is 0 Å². The Balaban J connectivity index is 2.01. The number of fused-ring (bicyclic) bond motifs is 1. The molecule has 0 spiro atoms. The highest BCUT2D eigenvalue weighted by Gasteiger charge is 2.30. The predicted octanol–water partition coefficient (Wildman–Crippen LogP) is 1.73. The lowest BCUT2D eigenvalue weighted by Crippen LogP contribution is -2.35. The number of rotatable bonds is 3. The number of pyridine rings is 1. The van der Waals surface area contributed by atoms with Crippen LogP contribution in [0.25, 0.3) is 0 Å². The predicted molar refractivity (Wildman–Crippen MR) is 78.0 cm³/mol. The van der Waals surface area contributed by atoms with Gasteiger partial charge in [-0.25, -0.2) is 4.98 Å². The number of nitrogens with two attached hydrogens (primary N) is 2. The smallest absolute Gasteiger partial charge is 0.128 e. The first-order valence-corrected chi connectivity index (χ1v) is 6.69. The Bertz CT molecular complexity index is 602. The lowest BCUT2D eigenvalue weighted by Gasteiger charge is -2.32. The van der Waals surface area contributed by atoms with Crippen LogP contribution in [0.1, 0.15) is 29.5 Å². The molecule has 0 bridgehead atoms. The second-order valence-electron chi connectivity index (χ2n) is 4.90. The van der Waals surface area contributed by atoms with Crippen molar-refractivity contribution in [2.45, 2.75) is 18.4 Å². The van der Waals surface area contributed by atoms with Crippen LogP contribution in [0, 0.1) is 0 Å². The van der Waals surface area contributed by atoms with E-state index in [1.807, 2.05) is 30.3 Å². The van der Waals surface area contributed by atoms with Gasteiger partial charge in [0, 0.05) is 17.7 Å². The van der Waals surface area contributed by atoms with Gasteiger partial charge in [-0.2, -0.15) is 0 Å². The molecule has 5 N–H and O–H groups in total. The summed E-state index contributed by atoms with van der Waals surface area (Å²) in [4.78, 5) is 4.15. The lowest BCUT2D eigenvalue weighted by molar-refractivity contribution is 0.246. The molecule has 20 heavy (non-hydrogen) atoms. The first-order chi connectivity index (χ1) is 9.81. The van der Waals surface area contributed by atoms with Crippen molar-refractivity contribution in [3.05, 3.63) is 53.7 Å². The molecule has 3 rings (SSSR count). The third kappa shape index (κ3) is 2.21. The number of nitrogens with one attached hydrogen (secondary N) is 1. The maximum absolute atomic E-state index is 5.99. The molecule has 1 aromatic heterocycles. The topological polar surface area (TPSA) is 86.2 Å². The lowest BCUT2D eigenvalue weighted by atomic mass is 9.83. The van der Waals surface area contributed by atoms with E-state index in [1.54, 1.807) is 6.20 Å². The highest BCUT2D eigenvalue weighted by molar-refractivity contribution is 5.45. The van der Waals surface area contributed by atoms with Gasteiger partial charge in [-0.1, -0.05) is 24.3 Å². The second kappa shape index (κ2) is 5.48. The fourth-order valence-electron chi connectivity index (χ4n) is 2.83. The minimum absolute atomic E-state index is 0.0752. The van der Waals surface area contributed by atoms with Crippen molar-refractivity contribution in [2.75, 3.05) is 12.3 Å². The number of hydrogen-bond acceptors (Lipinski definition) is 5. The van der Waals surface area contributed by atoms with E-state index in [0.717, 1.165) is 23.3 Å². The van der Waals surface area contributed by atoms with Gasteiger partial charge in [0.15, 0.2) is 0 Å². The molecule has 1 aliphatic heterocycles. The summed E-state index contributed by atoms with van der Waals surface area (Å²) in [5.41, 5.74) is 11.0. The van der Waals surface area contributed by atoms with E-state index in [1.165, 1.54) is 0 Å². The third-order valence-electron chi connectivity index (χ3n) is 3.79. The molecule has 0 amide bonds. The van der Waals surface area contributed by atoms with Gasteiger partial charge >= 0.3 is 0 Å². The molecule has 2 unspecified atom stereocenters. The van der Waals surface area contributed by atoms with Gasteiger partial charge in [0.1, 0.15) is 11.6 Å². The number of hydrazine groups is 1. The summed E-state index contributed by atoms with van der Waals surface area (Å²) in [6, 6.07) is 11.8. The van der Waals surface area contributed by atoms with Crippen LogP contribution in [-0.4, -0.2) is 11.6 Å². The maximum Gasteiger partial charge on any atom is 0.128 e. The molecule has 2 atom stereocenters. The minimum atomic E-state index is -0.0752. The Hall–Kier alpha value is -2.11. The quantitative estimate of drug-likeness (QED) is 0.584. The fraction of sp³-hybridized carbons (Fsp3) is 0.267. The van der Waals surface area contributed by atoms with Crippen molar-refractivity contribution in [2.24, 2.45) is 5.84 Å². The van der Waals surface area contributed by atoms with Crippen molar-refractivity contribution >= 4 is 5.82 Å². The summed E-state index contributed by atoms with van der Waals surface area (Å²) in [6.07, 6.45) is 2.57. The number of anilines is 1. The number of nitrogens with zero attached hydrogens (tertiary/aromatic N) is 1. The Morgan fingerprint density at radius 1 is 1.25 bits per heavy atom. The highest BCUT2D eigenvalue weighted by Crippen LogP contribution is 2.41. The number of hydrogen-bond donors (Lipinski definition) is 3. The molecule has 104 valence electrons. The molecule has 0 aliphatic carbocycles. The highest BCUT2D eigenvalue weighted by atomic mass is 16.5. The van der Waals surface area contributed by atoms with Crippen molar-refractivity contribution in [1.82, 2.24) is 10.4 Å². The summed E-state index contributed by atoms with van der Waals surface area (Å²) in [5, 5.41) is 0. The normalized spacial score (nSPS) is 18.9. The second-order valence-corrected chi connectivity index (χ2v) is 4.90. The van der Waals surface area contributed by atoms with Gasteiger partial charge < -0.3 is 10.5 Å². The van der Waals surface area contributed by atoms with Gasteiger partial charge in [0.2, 0.25) is 0 Å². The van der Waals surface area contributed by atoms with E-state index in [4.69, 9.17) is 16.3 Å². The van der Waals surface area contributed by atoms with Crippen LogP contribution in [0.3, 0.4) is 0 Å². The van der Waals surface area contributed by atoms with Gasteiger partial charge in [-0.3, -0.25) is 11.3 Å². The average molecular weight is 270 g/mol. The molecule has 5 heteroatoms. The average Bonchev–Trinajstić information content (AvgIpc) is 2.50. The number of para-hydroxylation sites is 1. The Morgan fingerprint density at radius 2 is 2.10 bits per heavy atom. The van der Waals surface area contributed by atoms with E-state index in [9.17, 15) is 0 Å². The summed E-state index contributed by atoms with van der Waals surface area (Å²) >= 11 is 0. The summed E-state index contributed by atoms with van der Waals surface area (Å²) in [6.45, 7) is 0.681. The molecule has 0 saturated heterocycles. The van der Waals surface area contributed by atoms with Crippen LogP contribution in [0.15, 0.2) is 42.6 Å². The third-order valence-corrected chi connectivity index (χ3v) is 3.79. The van der Waals surface area contributed by atoms with Crippen LogP contribution < -0.4 is 21.7 Å². The van der Waals surface area contributed by atoms with Gasteiger partial charge in [-0.15, -0.1) is 0 Å². The monoisotopic (exact) mass is 270 g/mol. The number of nitrogen functional groups attached to an aromatic ring is 1. The number of benzene rings is 1. The van der Waals surface area contributed by atoms with Crippen LogP contribution in [-0.2, 0) is 0 Å². The van der Waals surface area contributed by atoms with Gasteiger partial charge in [0.25, 0.3) is 0 Å². The Morgan fingerprint density at radius 3 is 2.90 bits per heavy atom. The SMILES string of the molecule is NNC(c1cccnc1N)C1CCOc2ccccc21. The van der Waals surface area contributed by atoms with Crippen LogP contribution in [0.4, 0.5) is 5.82 Å². The van der Waals surface area contributed by atoms with E-state index in [-0.39, 0.29) is 12.0 Å². The largest absolute Gasteiger partial charge is 0.493 e. The standard InChI is InChI=1S/C15H18N4O/c16-15-12(5-3-8-18-15)14(19-17)11-7-9-20-13-6-2-1-4-10(11)13/h1-6,8,11,14,19H,7,9,17H2,(H2,16,18). The number of ether oxygens (including phenoxy) is 1. The van der Waals surface area contributed by atoms with Crippen molar-refractivity contribution in [1.29, 1.82) is 0 Å². The molecular formula is C15H18N4O. The first-order valence-electron chi connectivity index (χ1n) is 6.69. The zero-order valence-electron chi connectivity index (χ0n) is 11.1. The summed E-state index contributed by atoms with van der Waals surface area (Å²) in [5.74, 6) is 7.44. The molecule has 1 aliphatic rings. The first kappa shape index (κ1) is 12.9. The zero-order valence-corrected chi connectivity index (χ0v) is 11.1. The minimum Gasteiger partial charge on any atom is -0.493 e. The molecule has 5 nitrogen and oxygen atoms in total.